The Labute approximate surface area is 127 Å². The van der Waals surface area contributed by atoms with Gasteiger partial charge in [0, 0.05) is 16.5 Å². The van der Waals surface area contributed by atoms with Crippen molar-refractivity contribution in [1.82, 2.24) is 5.32 Å². The molecule has 0 radical (unpaired) electrons. The van der Waals surface area contributed by atoms with Gasteiger partial charge in [-0.15, -0.1) is 0 Å². The van der Waals surface area contributed by atoms with E-state index < -0.39 is 18.6 Å². The molecule has 2 aromatic rings. The fourth-order valence-electron chi connectivity index (χ4n) is 2.43. The van der Waals surface area contributed by atoms with Gasteiger partial charge in [0.2, 0.25) is 0 Å². The quantitative estimate of drug-likeness (QED) is 0.769. The molecule has 2 aromatic carbocycles. The highest BCUT2D eigenvalue weighted by molar-refractivity contribution is 6.35. The lowest BCUT2D eigenvalue weighted by atomic mass is 9.96. The fraction of sp³-hybridized carbons (Fsp3) is 0.375. The van der Waals surface area contributed by atoms with Gasteiger partial charge >= 0.3 is 6.18 Å². The number of nitrogens with one attached hydrogen (secondary N) is 1. The van der Waals surface area contributed by atoms with E-state index in [1.807, 2.05) is 31.2 Å². The standard InChI is InChI=1S/C16H17ClF3N/c1-2-9-21-15(10-16(18,19)20)13-7-8-14(17)12-6-4-3-5-11(12)13/h3-8,15,21H,2,9-10H2,1H3. The maximum absolute atomic E-state index is 12.8. The molecular weight excluding hydrogens is 299 g/mol. The van der Waals surface area contributed by atoms with E-state index in [4.69, 9.17) is 11.6 Å². The fourth-order valence-corrected chi connectivity index (χ4v) is 2.66. The summed E-state index contributed by atoms with van der Waals surface area (Å²) in [6.07, 6.45) is -4.33. The van der Waals surface area contributed by atoms with Crippen LogP contribution in [0.2, 0.25) is 5.02 Å². The van der Waals surface area contributed by atoms with E-state index >= 15 is 0 Å². The zero-order valence-electron chi connectivity index (χ0n) is 11.7. The molecule has 5 heteroatoms. The van der Waals surface area contributed by atoms with Gasteiger partial charge < -0.3 is 5.32 Å². The Morgan fingerprint density at radius 1 is 1.10 bits per heavy atom. The molecule has 2 rings (SSSR count). The van der Waals surface area contributed by atoms with Crippen LogP contribution >= 0.6 is 11.6 Å². The summed E-state index contributed by atoms with van der Waals surface area (Å²) in [5.74, 6) is 0. The van der Waals surface area contributed by atoms with E-state index in [1.165, 1.54) is 0 Å². The molecule has 114 valence electrons. The van der Waals surface area contributed by atoms with Crippen LogP contribution in [-0.2, 0) is 0 Å². The number of hydrogen-bond donors (Lipinski definition) is 1. The molecule has 0 aliphatic heterocycles. The van der Waals surface area contributed by atoms with Crippen LogP contribution in [0.5, 0.6) is 0 Å². The molecule has 0 amide bonds. The largest absolute Gasteiger partial charge is 0.390 e. The minimum absolute atomic E-state index is 0.539. The molecular formula is C16H17ClF3N. The molecule has 1 nitrogen and oxygen atoms in total. The maximum atomic E-state index is 12.8. The molecule has 0 bridgehead atoms. The van der Waals surface area contributed by atoms with E-state index in [2.05, 4.69) is 5.32 Å². The Morgan fingerprint density at radius 2 is 1.76 bits per heavy atom. The van der Waals surface area contributed by atoms with Crippen molar-refractivity contribution in [3.05, 3.63) is 47.0 Å². The van der Waals surface area contributed by atoms with E-state index in [1.54, 1.807) is 12.1 Å². The van der Waals surface area contributed by atoms with E-state index in [0.29, 0.717) is 17.1 Å². The third kappa shape index (κ3) is 4.11. The first-order chi connectivity index (χ1) is 9.92. The highest BCUT2D eigenvalue weighted by atomic mass is 35.5. The Bertz CT molecular complexity index is 610. The van der Waals surface area contributed by atoms with Gasteiger partial charge in [-0.05, 0) is 30.0 Å². The summed E-state index contributed by atoms with van der Waals surface area (Å²) in [5, 5.41) is 5.09. The highest BCUT2D eigenvalue weighted by Gasteiger charge is 2.33. The van der Waals surface area contributed by atoms with Crippen LogP contribution in [-0.4, -0.2) is 12.7 Å². The van der Waals surface area contributed by atoms with Crippen molar-refractivity contribution in [3.8, 4) is 0 Å². The van der Waals surface area contributed by atoms with Gasteiger partial charge in [0.15, 0.2) is 0 Å². The first-order valence-electron chi connectivity index (χ1n) is 6.89. The number of halogens is 4. The summed E-state index contributed by atoms with van der Waals surface area (Å²) < 4.78 is 38.5. The molecule has 0 heterocycles. The molecule has 0 aliphatic rings. The summed E-state index contributed by atoms with van der Waals surface area (Å²) in [6, 6.07) is 9.87. The second kappa shape index (κ2) is 6.67. The lowest BCUT2D eigenvalue weighted by molar-refractivity contribution is -0.140. The maximum Gasteiger partial charge on any atom is 0.390 e. The Balaban J connectivity index is 2.46. The minimum atomic E-state index is -4.22. The smallest absolute Gasteiger partial charge is 0.310 e. The summed E-state index contributed by atoms with van der Waals surface area (Å²) >= 11 is 6.13. The van der Waals surface area contributed by atoms with Crippen LogP contribution in [0.15, 0.2) is 36.4 Å². The molecule has 0 spiro atoms. The third-order valence-electron chi connectivity index (χ3n) is 3.36. The van der Waals surface area contributed by atoms with Crippen LogP contribution in [0.4, 0.5) is 13.2 Å². The van der Waals surface area contributed by atoms with Crippen molar-refractivity contribution in [2.45, 2.75) is 32.0 Å². The second-order valence-electron chi connectivity index (χ2n) is 5.01. The van der Waals surface area contributed by atoms with Gasteiger partial charge in [0.25, 0.3) is 0 Å². The summed E-state index contributed by atoms with van der Waals surface area (Å²) in [4.78, 5) is 0. The molecule has 0 aliphatic carbocycles. The molecule has 21 heavy (non-hydrogen) atoms. The van der Waals surface area contributed by atoms with Gasteiger partial charge in [-0.2, -0.15) is 13.2 Å². The van der Waals surface area contributed by atoms with Crippen molar-refractivity contribution in [3.63, 3.8) is 0 Å². The number of hydrogen-bond acceptors (Lipinski definition) is 1. The lowest BCUT2D eigenvalue weighted by Gasteiger charge is -2.22. The SMILES string of the molecule is CCCNC(CC(F)(F)F)c1ccc(Cl)c2ccccc12. The van der Waals surface area contributed by atoms with Crippen LogP contribution in [0.25, 0.3) is 10.8 Å². The van der Waals surface area contributed by atoms with Crippen LogP contribution in [0.1, 0.15) is 31.4 Å². The molecule has 0 fully saturated rings. The Hall–Kier alpha value is -1.26. The molecule has 0 saturated carbocycles. The van der Waals surface area contributed by atoms with Crippen LogP contribution in [0, 0.1) is 0 Å². The summed E-state index contributed by atoms with van der Waals surface area (Å²) in [6.45, 7) is 2.47. The van der Waals surface area contributed by atoms with Gasteiger partial charge in [-0.1, -0.05) is 48.9 Å². The first-order valence-corrected chi connectivity index (χ1v) is 7.27. The van der Waals surface area contributed by atoms with Gasteiger partial charge in [-0.3, -0.25) is 0 Å². The number of alkyl halides is 3. The normalized spacial score (nSPS) is 13.6. The minimum Gasteiger partial charge on any atom is -0.310 e. The van der Waals surface area contributed by atoms with Crippen LogP contribution in [0.3, 0.4) is 0 Å². The zero-order valence-corrected chi connectivity index (χ0v) is 12.4. The highest BCUT2D eigenvalue weighted by Crippen LogP contribution is 2.35. The van der Waals surface area contributed by atoms with Gasteiger partial charge in [0.05, 0.1) is 6.42 Å². The van der Waals surface area contributed by atoms with Crippen LogP contribution < -0.4 is 5.32 Å². The number of rotatable bonds is 5. The first kappa shape index (κ1) is 16.1. The van der Waals surface area contributed by atoms with E-state index in [-0.39, 0.29) is 0 Å². The van der Waals surface area contributed by atoms with E-state index in [9.17, 15) is 13.2 Å². The average Bonchev–Trinajstić information content (AvgIpc) is 2.43. The molecule has 1 N–H and O–H groups in total. The third-order valence-corrected chi connectivity index (χ3v) is 3.69. The summed E-state index contributed by atoms with van der Waals surface area (Å²) in [7, 11) is 0. The lowest BCUT2D eigenvalue weighted by Crippen LogP contribution is -2.27. The Kier molecular flexibility index (Phi) is 5.12. The monoisotopic (exact) mass is 315 g/mol. The topological polar surface area (TPSA) is 12.0 Å². The molecule has 0 aromatic heterocycles. The second-order valence-corrected chi connectivity index (χ2v) is 5.42. The van der Waals surface area contributed by atoms with E-state index in [0.717, 1.165) is 17.2 Å². The van der Waals surface area contributed by atoms with Gasteiger partial charge in [-0.25, -0.2) is 0 Å². The average molecular weight is 316 g/mol. The van der Waals surface area contributed by atoms with Crippen molar-refractivity contribution in [1.29, 1.82) is 0 Å². The predicted octanol–water partition coefficient (Wildman–Crippen LogP) is 5.49. The number of benzene rings is 2. The Morgan fingerprint density at radius 3 is 2.38 bits per heavy atom. The van der Waals surface area contributed by atoms with Crippen molar-refractivity contribution < 1.29 is 13.2 Å². The molecule has 0 saturated heterocycles. The number of fused-ring (bicyclic) bond motifs is 1. The molecule has 1 unspecified atom stereocenters. The van der Waals surface area contributed by atoms with Crippen molar-refractivity contribution in [2.75, 3.05) is 6.54 Å². The predicted molar refractivity (Wildman–Crippen MR) is 80.7 cm³/mol. The van der Waals surface area contributed by atoms with Crippen molar-refractivity contribution in [2.24, 2.45) is 0 Å². The molecule has 1 atom stereocenters. The zero-order chi connectivity index (χ0) is 15.5. The van der Waals surface area contributed by atoms with Gasteiger partial charge in [0.1, 0.15) is 0 Å². The van der Waals surface area contributed by atoms with Crippen molar-refractivity contribution >= 4 is 22.4 Å². The summed E-state index contributed by atoms with van der Waals surface area (Å²) in [5.41, 5.74) is 0.640.